The molecule has 0 spiro atoms. The van der Waals surface area contributed by atoms with Gasteiger partial charge in [-0.2, -0.15) is 0 Å². The molecular formula is C24H24N2O5. The van der Waals surface area contributed by atoms with Gasteiger partial charge in [-0.3, -0.25) is 14.4 Å². The zero-order valence-electron chi connectivity index (χ0n) is 17.2. The number of carbonyl (C=O) groups excluding carboxylic acids is 3. The largest absolute Gasteiger partial charge is 0.494 e. The zero-order valence-corrected chi connectivity index (χ0v) is 17.2. The van der Waals surface area contributed by atoms with Crippen molar-refractivity contribution in [2.45, 2.75) is 26.3 Å². The number of para-hydroxylation sites is 1. The number of hydrogen-bond donors (Lipinski definition) is 2. The first-order valence-corrected chi connectivity index (χ1v) is 9.96. The van der Waals surface area contributed by atoms with E-state index in [1.54, 1.807) is 66.9 Å². The van der Waals surface area contributed by atoms with Crippen LogP contribution in [0.25, 0.3) is 0 Å². The molecule has 2 amide bonds. The van der Waals surface area contributed by atoms with Gasteiger partial charge in [0, 0.05) is 12.0 Å². The number of furan rings is 1. The SMILES string of the molecule is CC(=O)c1ccc(OCCCC(=O)Nc2ccccc2C(=O)NCc2ccco2)cc1. The molecule has 160 valence electrons. The van der Waals surface area contributed by atoms with E-state index in [1.165, 1.54) is 6.92 Å². The summed E-state index contributed by atoms with van der Waals surface area (Å²) in [6, 6.07) is 17.2. The highest BCUT2D eigenvalue weighted by Gasteiger charge is 2.13. The average molecular weight is 420 g/mol. The van der Waals surface area contributed by atoms with Crippen molar-refractivity contribution in [3.63, 3.8) is 0 Å². The van der Waals surface area contributed by atoms with Crippen molar-refractivity contribution in [1.29, 1.82) is 0 Å². The highest BCUT2D eigenvalue weighted by atomic mass is 16.5. The van der Waals surface area contributed by atoms with Crippen LogP contribution in [0.3, 0.4) is 0 Å². The fourth-order valence-corrected chi connectivity index (χ4v) is 2.89. The first kappa shape index (κ1) is 21.8. The van der Waals surface area contributed by atoms with E-state index in [1.807, 2.05) is 0 Å². The number of anilines is 1. The number of rotatable bonds is 10. The summed E-state index contributed by atoms with van der Waals surface area (Å²) in [6.07, 6.45) is 2.29. The first-order chi connectivity index (χ1) is 15.0. The van der Waals surface area contributed by atoms with Crippen LogP contribution in [0.4, 0.5) is 5.69 Å². The Bertz CT molecular complexity index is 1030. The number of Topliss-reactive ketones (excluding diaryl/α,β-unsaturated/α-hetero) is 1. The monoisotopic (exact) mass is 420 g/mol. The Kier molecular flexibility index (Phi) is 7.59. The molecule has 0 saturated heterocycles. The molecule has 7 nitrogen and oxygen atoms in total. The van der Waals surface area contributed by atoms with Gasteiger partial charge in [0.15, 0.2) is 5.78 Å². The smallest absolute Gasteiger partial charge is 0.253 e. The van der Waals surface area contributed by atoms with Gasteiger partial charge >= 0.3 is 0 Å². The van der Waals surface area contributed by atoms with Crippen LogP contribution >= 0.6 is 0 Å². The van der Waals surface area contributed by atoms with E-state index < -0.39 is 0 Å². The van der Waals surface area contributed by atoms with E-state index in [2.05, 4.69) is 10.6 Å². The predicted molar refractivity (Wildman–Crippen MR) is 116 cm³/mol. The fourth-order valence-electron chi connectivity index (χ4n) is 2.89. The predicted octanol–water partition coefficient (Wildman–Crippen LogP) is 4.21. The van der Waals surface area contributed by atoms with Crippen LogP contribution in [0.1, 0.15) is 46.2 Å². The van der Waals surface area contributed by atoms with Gasteiger partial charge in [-0.25, -0.2) is 0 Å². The Morgan fingerprint density at radius 2 is 1.74 bits per heavy atom. The number of ketones is 1. The molecule has 0 aliphatic rings. The Balaban J connectivity index is 1.45. The van der Waals surface area contributed by atoms with E-state index in [0.29, 0.717) is 41.4 Å². The molecule has 3 rings (SSSR count). The first-order valence-electron chi connectivity index (χ1n) is 9.96. The quantitative estimate of drug-likeness (QED) is 0.378. The Labute approximate surface area is 180 Å². The second-order valence-electron chi connectivity index (χ2n) is 6.89. The topological polar surface area (TPSA) is 97.6 Å². The van der Waals surface area contributed by atoms with Crippen LogP contribution in [0.5, 0.6) is 5.75 Å². The maximum atomic E-state index is 12.5. The summed E-state index contributed by atoms with van der Waals surface area (Å²) >= 11 is 0. The normalized spacial score (nSPS) is 10.4. The third-order valence-corrected chi connectivity index (χ3v) is 4.53. The molecule has 1 aromatic heterocycles. The lowest BCUT2D eigenvalue weighted by Gasteiger charge is -2.11. The van der Waals surface area contributed by atoms with Crippen molar-refractivity contribution in [3.05, 3.63) is 83.8 Å². The molecule has 0 aliphatic heterocycles. The molecule has 3 aromatic rings. The van der Waals surface area contributed by atoms with Gasteiger partial charge in [0.25, 0.3) is 5.91 Å². The standard InChI is InChI=1S/C24H24N2O5/c1-17(27)18-10-12-19(13-11-18)30-15-5-9-23(28)26-22-8-3-2-7-21(22)24(29)25-16-20-6-4-14-31-20/h2-4,6-8,10-14H,5,9,15-16H2,1H3,(H,25,29)(H,26,28). The van der Waals surface area contributed by atoms with Gasteiger partial charge in [0.1, 0.15) is 11.5 Å². The van der Waals surface area contributed by atoms with Crippen LogP contribution in [0.2, 0.25) is 0 Å². The molecule has 31 heavy (non-hydrogen) atoms. The van der Waals surface area contributed by atoms with E-state index >= 15 is 0 Å². The minimum Gasteiger partial charge on any atom is -0.494 e. The summed E-state index contributed by atoms with van der Waals surface area (Å²) in [6.45, 7) is 2.13. The third-order valence-electron chi connectivity index (χ3n) is 4.53. The summed E-state index contributed by atoms with van der Waals surface area (Å²) in [5.41, 5.74) is 1.45. The molecule has 0 saturated carbocycles. The zero-order chi connectivity index (χ0) is 22.1. The highest BCUT2D eigenvalue weighted by Crippen LogP contribution is 2.16. The summed E-state index contributed by atoms with van der Waals surface area (Å²) in [5.74, 6) is 0.777. The van der Waals surface area contributed by atoms with E-state index in [4.69, 9.17) is 9.15 Å². The second kappa shape index (κ2) is 10.8. The van der Waals surface area contributed by atoms with Crippen molar-refractivity contribution in [2.75, 3.05) is 11.9 Å². The van der Waals surface area contributed by atoms with Crippen LogP contribution in [-0.4, -0.2) is 24.2 Å². The molecule has 2 N–H and O–H groups in total. The van der Waals surface area contributed by atoms with Gasteiger partial charge in [0.05, 0.1) is 30.7 Å². The molecule has 2 aromatic carbocycles. The number of benzene rings is 2. The van der Waals surface area contributed by atoms with Crippen molar-refractivity contribution >= 4 is 23.3 Å². The summed E-state index contributed by atoms with van der Waals surface area (Å²) in [7, 11) is 0. The van der Waals surface area contributed by atoms with Crippen LogP contribution in [0.15, 0.2) is 71.3 Å². The fraction of sp³-hybridized carbons (Fsp3) is 0.208. The molecule has 7 heteroatoms. The van der Waals surface area contributed by atoms with Crippen molar-refractivity contribution in [2.24, 2.45) is 0 Å². The van der Waals surface area contributed by atoms with Crippen LogP contribution in [0, 0.1) is 0 Å². The molecule has 0 unspecified atom stereocenters. The van der Waals surface area contributed by atoms with Crippen LogP contribution < -0.4 is 15.4 Å². The summed E-state index contributed by atoms with van der Waals surface area (Å²) < 4.78 is 10.8. The molecule has 0 atom stereocenters. The van der Waals surface area contributed by atoms with E-state index in [9.17, 15) is 14.4 Å². The van der Waals surface area contributed by atoms with E-state index in [0.717, 1.165) is 0 Å². The molecular weight excluding hydrogens is 396 g/mol. The number of carbonyl (C=O) groups is 3. The molecule has 0 radical (unpaired) electrons. The van der Waals surface area contributed by atoms with Gasteiger partial charge < -0.3 is 19.8 Å². The molecule has 0 fully saturated rings. The maximum absolute atomic E-state index is 12.5. The summed E-state index contributed by atoms with van der Waals surface area (Å²) in [5, 5.41) is 5.56. The summed E-state index contributed by atoms with van der Waals surface area (Å²) in [4.78, 5) is 36.1. The van der Waals surface area contributed by atoms with Crippen molar-refractivity contribution in [3.8, 4) is 5.75 Å². The Hall–Kier alpha value is -3.87. The van der Waals surface area contributed by atoms with Gasteiger partial charge in [-0.15, -0.1) is 0 Å². The number of amides is 2. The third kappa shape index (κ3) is 6.57. The molecule has 0 aliphatic carbocycles. The minimum absolute atomic E-state index is 0.00171. The van der Waals surface area contributed by atoms with Crippen molar-refractivity contribution in [1.82, 2.24) is 5.32 Å². The number of nitrogens with one attached hydrogen (secondary N) is 2. The minimum atomic E-state index is -0.301. The lowest BCUT2D eigenvalue weighted by molar-refractivity contribution is -0.116. The average Bonchev–Trinajstić information content (AvgIpc) is 3.29. The number of ether oxygens (including phenoxy) is 1. The van der Waals surface area contributed by atoms with Gasteiger partial charge in [0.2, 0.25) is 5.91 Å². The Morgan fingerprint density at radius 3 is 2.45 bits per heavy atom. The van der Waals surface area contributed by atoms with Crippen LogP contribution in [-0.2, 0) is 11.3 Å². The van der Waals surface area contributed by atoms with Gasteiger partial charge in [-0.05, 0) is 61.9 Å². The second-order valence-corrected chi connectivity index (χ2v) is 6.89. The molecule has 0 bridgehead atoms. The number of hydrogen-bond acceptors (Lipinski definition) is 5. The Morgan fingerprint density at radius 1 is 0.968 bits per heavy atom. The highest BCUT2D eigenvalue weighted by molar-refractivity contribution is 6.03. The lowest BCUT2D eigenvalue weighted by Crippen LogP contribution is -2.24. The maximum Gasteiger partial charge on any atom is 0.253 e. The molecule has 1 heterocycles. The lowest BCUT2D eigenvalue weighted by atomic mass is 10.1. The van der Waals surface area contributed by atoms with Crippen molar-refractivity contribution < 1.29 is 23.5 Å². The van der Waals surface area contributed by atoms with E-state index in [-0.39, 0.29) is 30.6 Å². The van der Waals surface area contributed by atoms with Gasteiger partial charge in [-0.1, -0.05) is 12.1 Å².